The highest BCUT2D eigenvalue weighted by Gasteiger charge is 2.25. The van der Waals surface area contributed by atoms with Gasteiger partial charge in [0.1, 0.15) is 5.82 Å². The second-order valence-corrected chi connectivity index (χ2v) is 4.34. The Morgan fingerprint density at radius 2 is 1.78 bits per heavy atom. The molecule has 3 rings (SSSR count). The molecule has 1 heterocycles. The summed E-state index contributed by atoms with van der Waals surface area (Å²) in [5.41, 5.74) is 1.92. The van der Waals surface area contributed by atoms with E-state index in [0.717, 1.165) is 12.1 Å². The van der Waals surface area contributed by atoms with Crippen LogP contribution in [0.4, 0.5) is 18.9 Å². The largest absolute Gasteiger partial charge is 0.378 e. The summed E-state index contributed by atoms with van der Waals surface area (Å²) in [6.45, 7) is 0. The van der Waals surface area contributed by atoms with Crippen molar-refractivity contribution in [2.45, 2.75) is 12.5 Å². The molecule has 0 amide bonds. The smallest absolute Gasteiger partial charge is 0.159 e. The Morgan fingerprint density at radius 3 is 2.50 bits per heavy atom. The molecular formula is C14H10F3N. The maximum atomic E-state index is 13.5. The molecule has 0 saturated heterocycles. The molecule has 1 nitrogen and oxygen atoms in total. The Hall–Kier alpha value is -1.97. The number of benzene rings is 2. The Labute approximate surface area is 102 Å². The van der Waals surface area contributed by atoms with Crippen molar-refractivity contribution >= 4 is 5.69 Å². The molecule has 18 heavy (non-hydrogen) atoms. The van der Waals surface area contributed by atoms with Gasteiger partial charge in [-0.05, 0) is 29.8 Å². The molecule has 1 N–H and O–H groups in total. The lowest BCUT2D eigenvalue weighted by Crippen LogP contribution is -2.06. The zero-order chi connectivity index (χ0) is 12.7. The van der Waals surface area contributed by atoms with Crippen LogP contribution in [0.25, 0.3) is 0 Å². The van der Waals surface area contributed by atoms with E-state index in [-0.39, 0.29) is 11.9 Å². The number of halogens is 3. The van der Waals surface area contributed by atoms with Crippen molar-refractivity contribution in [3.63, 3.8) is 0 Å². The van der Waals surface area contributed by atoms with Crippen LogP contribution in [-0.2, 0) is 6.42 Å². The Kier molecular flexibility index (Phi) is 2.51. The molecule has 92 valence electrons. The molecule has 1 atom stereocenters. The number of hydrogen-bond acceptors (Lipinski definition) is 1. The zero-order valence-corrected chi connectivity index (χ0v) is 9.38. The monoisotopic (exact) mass is 249 g/mol. The van der Waals surface area contributed by atoms with Crippen LogP contribution in [0.15, 0.2) is 36.4 Å². The van der Waals surface area contributed by atoms with Gasteiger partial charge in [-0.2, -0.15) is 0 Å². The van der Waals surface area contributed by atoms with E-state index < -0.39 is 11.6 Å². The molecule has 4 heteroatoms. The minimum absolute atomic E-state index is 0.216. The first kappa shape index (κ1) is 11.1. The highest BCUT2D eigenvalue weighted by Crippen LogP contribution is 2.35. The molecule has 0 spiro atoms. The number of anilines is 1. The van der Waals surface area contributed by atoms with E-state index in [1.54, 1.807) is 12.1 Å². The molecule has 0 saturated carbocycles. The fourth-order valence-corrected chi connectivity index (χ4v) is 2.27. The normalized spacial score (nSPS) is 17.4. The van der Waals surface area contributed by atoms with Gasteiger partial charge in [0.25, 0.3) is 0 Å². The topological polar surface area (TPSA) is 12.0 Å². The van der Waals surface area contributed by atoms with Gasteiger partial charge in [-0.25, -0.2) is 13.2 Å². The van der Waals surface area contributed by atoms with E-state index in [4.69, 9.17) is 0 Å². The lowest BCUT2D eigenvalue weighted by molar-refractivity contribution is 0.506. The fourth-order valence-electron chi connectivity index (χ4n) is 2.27. The van der Waals surface area contributed by atoms with Gasteiger partial charge in [-0.1, -0.05) is 12.1 Å². The molecule has 0 fully saturated rings. The number of fused-ring (bicyclic) bond motifs is 1. The molecule has 2 aromatic rings. The van der Waals surface area contributed by atoms with Crippen LogP contribution in [-0.4, -0.2) is 0 Å². The van der Waals surface area contributed by atoms with Crippen LogP contribution in [0.5, 0.6) is 0 Å². The minimum Gasteiger partial charge on any atom is -0.378 e. The number of rotatable bonds is 1. The molecule has 0 aliphatic carbocycles. The highest BCUT2D eigenvalue weighted by atomic mass is 19.2. The van der Waals surface area contributed by atoms with Crippen LogP contribution in [0, 0.1) is 17.5 Å². The lowest BCUT2D eigenvalue weighted by Gasteiger charge is -2.11. The van der Waals surface area contributed by atoms with Crippen LogP contribution >= 0.6 is 0 Å². The predicted molar refractivity (Wildman–Crippen MR) is 62.8 cm³/mol. The Morgan fingerprint density at radius 1 is 0.944 bits per heavy atom. The second-order valence-electron chi connectivity index (χ2n) is 4.34. The third-order valence-electron chi connectivity index (χ3n) is 3.20. The van der Waals surface area contributed by atoms with Crippen LogP contribution < -0.4 is 5.32 Å². The van der Waals surface area contributed by atoms with E-state index in [1.807, 2.05) is 0 Å². The Balaban J connectivity index is 1.94. The molecule has 0 aromatic heterocycles. The van der Waals surface area contributed by atoms with Crippen molar-refractivity contribution in [3.05, 3.63) is 65.0 Å². The van der Waals surface area contributed by atoms with Crippen molar-refractivity contribution in [2.75, 3.05) is 5.32 Å². The predicted octanol–water partition coefficient (Wildman–Crippen LogP) is 3.81. The third-order valence-corrected chi connectivity index (χ3v) is 3.20. The van der Waals surface area contributed by atoms with Crippen molar-refractivity contribution in [2.24, 2.45) is 0 Å². The first-order chi connectivity index (χ1) is 8.65. The summed E-state index contributed by atoms with van der Waals surface area (Å²) in [5.74, 6) is -2.03. The summed E-state index contributed by atoms with van der Waals surface area (Å²) < 4.78 is 39.6. The average molecular weight is 249 g/mol. The molecule has 1 aliphatic heterocycles. The summed E-state index contributed by atoms with van der Waals surface area (Å²) in [5, 5.41) is 3.11. The van der Waals surface area contributed by atoms with E-state index in [2.05, 4.69) is 5.32 Å². The summed E-state index contributed by atoms with van der Waals surface area (Å²) >= 11 is 0. The van der Waals surface area contributed by atoms with Gasteiger partial charge < -0.3 is 5.32 Å². The fraction of sp³-hybridized carbons (Fsp3) is 0.143. The van der Waals surface area contributed by atoms with Crippen molar-refractivity contribution in [1.29, 1.82) is 0 Å². The van der Waals surface area contributed by atoms with Crippen LogP contribution in [0.2, 0.25) is 0 Å². The van der Waals surface area contributed by atoms with Gasteiger partial charge in [0.05, 0.1) is 6.04 Å². The van der Waals surface area contributed by atoms with Gasteiger partial charge in [0, 0.05) is 17.7 Å². The molecule has 0 bridgehead atoms. The standard InChI is InChI=1S/C14H10F3N/c15-10-2-1-3-13-9(10)7-14(18-13)8-4-5-11(16)12(17)6-8/h1-6,14,18H,7H2. The summed E-state index contributed by atoms with van der Waals surface area (Å²) in [6.07, 6.45) is 0.438. The van der Waals surface area contributed by atoms with Crippen molar-refractivity contribution in [1.82, 2.24) is 0 Å². The maximum Gasteiger partial charge on any atom is 0.159 e. The zero-order valence-electron chi connectivity index (χ0n) is 9.38. The van der Waals surface area contributed by atoms with Gasteiger partial charge in [0.2, 0.25) is 0 Å². The van der Waals surface area contributed by atoms with Gasteiger partial charge in [0.15, 0.2) is 11.6 Å². The summed E-state index contributed by atoms with van der Waals surface area (Å²) in [7, 11) is 0. The highest BCUT2D eigenvalue weighted by molar-refractivity contribution is 5.58. The Bertz CT molecular complexity index is 610. The van der Waals surface area contributed by atoms with E-state index in [1.165, 1.54) is 12.1 Å². The molecular weight excluding hydrogens is 239 g/mol. The van der Waals surface area contributed by atoms with Crippen molar-refractivity contribution < 1.29 is 13.2 Å². The van der Waals surface area contributed by atoms with Crippen LogP contribution in [0.1, 0.15) is 17.2 Å². The minimum atomic E-state index is -0.884. The average Bonchev–Trinajstić information content (AvgIpc) is 2.78. The van der Waals surface area contributed by atoms with Gasteiger partial charge in [-0.15, -0.1) is 0 Å². The van der Waals surface area contributed by atoms with E-state index in [0.29, 0.717) is 23.2 Å². The second kappa shape index (κ2) is 4.05. The van der Waals surface area contributed by atoms with Gasteiger partial charge in [-0.3, -0.25) is 0 Å². The first-order valence-electron chi connectivity index (χ1n) is 5.64. The maximum absolute atomic E-state index is 13.5. The SMILES string of the molecule is Fc1ccc(C2Cc3c(F)cccc3N2)cc1F. The molecule has 2 aromatic carbocycles. The molecule has 0 radical (unpaired) electrons. The van der Waals surface area contributed by atoms with E-state index in [9.17, 15) is 13.2 Å². The van der Waals surface area contributed by atoms with E-state index >= 15 is 0 Å². The molecule has 1 aliphatic rings. The third kappa shape index (κ3) is 1.74. The lowest BCUT2D eigenvalue weighted by atomic mass is 10.0. The summed E-state index contributed by atoms with van der Waals surface area (Å²) in [6, 6.07) is 8.33. The number of nitrogens with one attached hydrogen (secondary N) is 1. The van der Waals surface area contributed by atoms with Crippen molar-refractivity contribution in [3.8, 4) is 0 Å². The summed E-state index contributed by atoms with van der Waals surface area (Å²) in [4.78, 5) is 0. The van der Waals surface area contributed by atoms with Gasteiger partial charge >= 0.3 is 0 Å². The quantitative estimate of drug-likeness (QED) is 0.810. The van der Waals surface area contributed by atoms with Crippen LogP contribution in [0.3, 0.4) is 0 Å². The molecule has 1 unspecified atom stereocenters. The number of hydrogen-bond donors (Lipinski definition) is 1. The first-order valence-corrected chi connectivity index (χ1v) is 5.64.